The number of Topliss-reactive ketones (excluding diaryl/α,β-unsaturated/α-hetero) is 1. The SMILES string of the molecule is CCCC(C)CC(NC(=O)OC1C(=O)O[C@H]([C@@H](O)CO)C1=O)C(=O)O. The van der Waals surface area contributed by atoms with Crippen molar-refractivity contribution in [2.75, 3.05) is 6.61 Å². The van der Waals surface area contributed by atoms with Crippen LogP contribution >= 0.6 is 0 Å². The van der Waals surface area contributed by atoms with Gasteiger partial charge in [0.15, 0.2) is 6.10 Å². The van der Waals surface area contributed by atoms with Crippen molar-refractivity contribution in [2.45, 2.75) is 57.5 Å². The molecule has 1 rings (SSSR count). The van der Waals surface area contributed by atoms with Gasteiger partial charge in [-0.2, -0.15) is 0 Å². The number of ether oxygens (including phenoxy) is 2. The molecule has 0 bridgehead atoms. The Hall–Kier alpha value is -2.20. The number of hydrogen-bond acceptors (Lipinski definition) is 8. The number of aliphatic hydroxyl groups excluding tert-OH is 2. The van der Waals surface area contributed by atoms with Gasteiger partial charge in [-0.15, -0.1) is 0 Å². The number of carboxylic acids is 1. The third kappa shape index (κ3) is 5.68. The predicted molar refractivity (Wildman–Crippen MR) is 81.5 cm³/mol. The number of hydrogen-bond donors (Lipinski definition) is 4. The molecule has 0 aromatic carbocycles. The van der Waals surface area contributed by atoms with E-state index in [-0.39, 0.29) is 12.3 Å². The third-order valence-electron chi connectivity index (χ3n) is 3.77. The average Bonchev–Trinajstić information content (AvgIpc) is 2.81. The van der Waals surface area contributed by atoms with Crippen LogP contribution in [-0.2, 0) is 23.9 Å². The average molecular weight is 361 g/mol. The van der Waals surface area contributed by atoms with Crippen LogP contribution in [0.5, 0.6) is 0 Å². The molecule has 1 fully saturated rings. The normalized spacial score (nSPS) is 23.5. The zero-order chi connectivity index (χ0) is 19.1. The van der Waals surface area contributed by atoms with Gasteiger partial charge in [0, 0.05) is 0 Å². The lowest BCUT2D eigenvalue weighted by Gasteiger charge is -2.19. The number of cyclic esters (lactones) is 1. The molecule has 0 radical (unpaired) electrons. The fourth-order valence-electron chi connectivity index (χ4n) is 2.50. The van der Waals surface area contributed by atoms with Crippen molar-refractivity contribution < 1.29 is 44.0 Å². The molecule has 0 aliphatic carbocycles. The highest BCUT2D eigenvalue weighted by molar-refractivity contribution is 6.10. The summed E-state index contributed by atoms with van der Waals surface area (Å²) in [7, 11) is 0. The maximum absolute atomic E-state index is 11.9. The second kappa shape index (κ2) is 9.33. The van der Waals surface area contributed by atoms with Crippen LogP contribution in [0.3, 0.4) is 0 Å². The second-order valence-electron chi connectivity index (χ2n) is 5.96. The van der Waals surface area contributed by atoms with Crippen LogP contribution in [0.1, 0.15) is 33.1 Å². The number of carbonyl (C=O) groups is 4. The van der Waals surface area contributed by atoms with Gasteiger partial charge < -0.3 is 30.1 Å². The molecule has 0 saturated carbocycles. The standard InChI is InChI=1S/C15H23NO9/c1-3-4-7(2)5-8(13(20)21)16-15(23)25-12-10(19)11(9(18)6-17)24-14(12)22/h7-9,11-12,17-18H,3-6H2,1-2H3,(H,16,23)(H,20,21)/t7?,8?,9-,11+,12?/m0/s1. The van der Waals surface area contributed by atoms with E-state index in [0.717, 1.165) is 12.8 Å². The lowest BCUT2D eigenvalue weighted by Crippen LogP contribution is -2.45. The molecule has 4 N–H and O–H groups in total. The number of alkyl carbamates (subject to hydrolysis) is 1. The van der Waals surface area contributed by atoms with Gasteiger partial charge in [0.1, 0.15) is 12.1 Å². The molecule has 0 aromatic heterocycles. The van der Waals surface area contributed by atoms with Gasteiger partial charge in [-0.25, -0.2) is 14.4 Å². The highest BCUT2D eigenvalue weighted by atomic mass is 16.6. The van der Waals surface area contributed by atoms with Gasteiger partial charge in [-0.1, -0.05) is 26.7 Å². The van der Waals surface area contributed by atoms with Gasteiger partial charge in [-0.05, 0) is 12.3 Å². The molecule has 142 valence electrons. The van der Waals surface area contributed by atoms with E-state index in [1.807, 2.05) is 13.8 Å². The first kappa shape index (κ1) is 20.8. The van der Waals surface area contributed by atoms with Gasteiger partial charge in [0.25, 0.3) is 6.10 Å². The summed E-state index contributed by atoms with van der Waals surface area (Å²) < 4.78 is 9.22. The van der Waals surface area contributed by atoms with E-state index in [0.29, 0.717) is 0 Å². The number of carbonyl (C=O) groups excluding carboxylic acids is 3. The molecule has 1 heterocycles. The Bertz CT molecular complexity index is 521. The number of rotatable bonds is 9. The molecular weight excluding hydrogens is 338 g/mol. The summed E-state index contributed by atoms with van der Waals surface area (Å²) in [6.45, 7) is 2.96. The molecule has 1 saturated heterocycles. The second-order valence-corrected chi connectivity index (χ2v) is 5.96. The summed E-state index contributed by atoms with van der Waals surface area (Å²) in [5, 5.41) is 29.4. The van der Waals surface area contributed by atoms with Crippen molar-refractivity contribution in [1.82, 2.24) is 5.32 Å². The fraction of sp³-hybridized carbons (Fsp3) is 0.733. The van der Waals surface area contributed by atoms with Gasteiger partial charge in [-0.3, -0.25) is 4.79 Å². The van der Waals surface area contributed by atoms with Crippen LogP contribution < -0.4 is 5.32 Å². The number of carboxylic acid groups (broad SMARTS) is 1. The van der Waals surface area contributed by atoms with Crippen LogP contribution in [0.4, 0.5) is 4.79 Å². The number of ketones is 1. The molecule has 25 heavy (non-hydrogen) atoms. The van der Waals surface area contributed by atoms with E-state index < -0.39 is 54.8 Å². The number of aliphatic hydroxyl groups is 2. The Kier molecular flexibility index (Phi) is 7.78. The molecule has 0 aromatic rings. The van der Waals surface area contributed by atoms with E-state index in [1.165, 1.54) is 0 Å². The zero-order valence-electron chi connectivity index (χ0n) is 14.0. The molecule has 10 nitrogen and oxygen atoms in total. The number of nitrogens with one attached hydrogen (secondary N) is 1. The smallest absolute Gasteiger partial charge is 0.409 e. The van der Waals surface area contributed by atoms with E-state index in [2.05, 4.69) is 14.8 Å². The van der Waals surface area contributed by atoms with Crippen molar-refractivity contribution in [3.8, 4) is 0 Å². The van der Waals surface area contributed by atoms with Crippen molar-refractivity contribution in [1.29, 1.82) is 0 Å². The fourth-order valence-corrected chi connectivity index (χ4v) is 2.50. The zero-order valence-corrected chi connectivity index (χ0v) is 14.0. The minimum atomic E-state index is -1.91. The van der Waals surface area contributed by atoms with E-state index in [9.17, 15) is 24.3 Å². The third-order valence-corrected chi connectivity index (χ3v) is 3.77. The highest BCUT2D eigenvalue weighted by Gasteiger charge is 2.49. The molecular formula is C15H23NO9. The Morgan fingerprint density at radius 1 is 1.36 bits per heavy atom. The molecule has 10 heteroatoms. The maximum atomic E-state index is 11.9. The Balaban J connectivity index is 2.66. The molecule has 1 amide bonds. The summed E-state index contributed by atoms with van der Waals surface area (Å²) >= 11 is 0. The number of esters is 1. The van der Waals surface area contributed by atoms with Crippen molar-refractivity contribution in [3.63, 3.8) is 0 Å². The molecule has 1 aliphatic rings. The minimum absolute atomic E-state index is 0.0357. The largest absolute Gasteiger partial charge is 0.480 e. The summed E-state index contributed by atoms with van der Waals surface area (Å²) in [5.41, 5.74) is 0. The Morgan fingerprint density at radius 3 is 2.52 bits per heavy atom. The van der Waals surface area contributed by atoms with Crippen LogP contribution in [0.15, 0.2) is 0 Å². The topological polar surface area (TPSA) is 159 Å². The number of aliphatic carboxylic acids is 1. The maximum Gasteiger partial charge on any atom is 0.409 e. The molecule has 1 aliphatic heterocycles. The quantitative estimate of drug-likeness (QED) is 0.305. The van der Waals surface area contributed by atoms with Crippen LogP contribution in [-0.4, -0.2) is 70.1 Å². The lowest BCUT2D eigenvalue weighted by atomic mass is 9.97. The first-order valence-electron chi connectivity index (χ1n) is 7.94. The molecule has 3 unspecified atom stereocenters. The van der Waals surface area contributed by atoms with Crippen LogP contribution in [0, 0.1) is 5.92 Å². The van der Waals surface area contributed by atoms with Crippen molar-refractivity contribution in [3.05, 3.63) is 0 Å². The molecule has 0 spiro atoms. The van der Waals surface area contributed by atoms with Gasteiger partial charge in [0.05, 0.1) is 6.61 Å². The monoisotopic (exact) mass is 361 g/mol. The Morgan fingerprint density at radius 2 is 2.00 bits per heavy atom. The summed E-state index contributed by atoms with van der Waals surface area (Å²) in [5.74, 6) is -3.45. The Labute approximate surface area is 144 Å². The van der Waals surface area contributed by atoms with Gasteiger partial charge in [0.2, 0.25) is 5.78 Å². The van der Waals surface area contributed by atoms with Gasteiger partial charge >= 0.3 is 18.0 Å². The summed E-state index contributed by atoms with van der Waals surface area (Å²) in [4.78, 5) is 46.5. The van der Waals surface area contributed by atoms with E-state index in [1.54, 1.807) is 0 Å². The molecule has 5 atom stereocenters. The first-order valence-corrected chi connectivity index (χ1v) is 7.94. The van der Waals surface area contributed by atoms with E-state index in [4.69, 9.17) is 10.2 Å². The first-order chi connectivity index (χ1) is 11.7. The highest BCUT2D eigenvalue weighted by Crippen LogP contribution is 2.18. The van der Waals surface area contributed by atoms with Crippen LogP contribution in [0.2, 0.25) is 0 Å². The summed E-state index contributed by atoms with van der Waals surface area (Å²) in [6, 6.07) is -1.24. The minimum Gasteiger partial charge on any atom is -0.480 e. The summed E-state index contributed by atoms with van der Waals surface area (Å²) in [6.07, 6.45) is -4.64. The number of amides is 1. The van der Waals surface area contributed by atoms with Crippen LogP contribution in [0.25, 0.3) is 0 Å². The van der Waals surface area contributed by atoms with E-state index >= 15 is 0 Å². The lowest BCUT2D eigenvalue weighted by molar-refractivity contribution is -0.151. The van der Waals surface area contributed by atoms with Crippen molar-refractivity contribution >= 4 is 23.8 Å². The predicted octanol–water partition coefficient (Wildman–Crippen LogP) is -0.792. The van der Waals surface area contributed by atoms with Crippen molar-refractivity contribution in [2.24, 2.45) is 5.92 Å².